The molecule has 1 aliphatic heterocycles. The first kappa shape index (κ1) is 23.5. The van der Waals surface area contributed by atoms with Gasteiger partial charge in [-0.1, -0.05) is 17.3 Å². The summed E-state index contributed by atoms with van der Waals surface area (Å²) in [4.78, 5) is 23.3. The van der Waals surface area contributed by atoms with Crippen LogP contribution in [-0.4, -0.2) is 61.3 Å². The molecule has 0 spiro atoms. The van der Waals surface area contributed by atoms with Crippen molar-refractivity contribution >= 4 is 17.1 Å². The van der Waals surface area contributed by atoms with Crippen LogP contribution in [0.25, 0.3) is 11.1 Å². The lowest BCUT2D eigenvalue weighted by Crippen LogP contribution is -2.37. The van der Waals surface area contributed by atoms with Crippen molar-refractivity contribution in [1.29, 1.82) is 0 Å². The van der Waals surface area contributed by atoms with E-state index in [0.717, 1.165) is 43.7 Å². The van der Waals surface area contributed by atoms with Crippen LogP contribution in [0.5, 0.6) is 0 Å². The number of rotatable bonds is 5. The summed E-state index contributed by atoms with van der Waals surface area (Å²) in [6, 6.07) is 7.92. The van der Waals surface area contributed by atoms with Gasteiger partial charge in [-0.25, -0.2) is 14.3 Å². The molecule has 2 aromatic heterocycles. The summed E-state index contributed by atoms with van der Waals surface area (Å²) in [5, 5.41) is 15.4. The van der Waals surface area contributed by atoms with Crippen LogP contribution in [-0.2, 0) is 17.9 Å². The van der Waals surface area contributed by atoms with Gasteiger partial charge in [0.05, 0.1) is 23.4 Å². The van der Waals surface area contributed by atoms with E-state index in [4.69, 9.17) is 20.1 Å². The number of oxazole rings is 1. The van der Waals surface area contributed by atoms with E-state index in [1.807, 2.05) is 35.1 Å². The largest absolute Gasteiger partial charge is 0.490 e. The fourth-order valence-corrected chi connectivity index (χ4v) is 3.46. The van der Waals surface area contributed by atoms with Gasteiger partial charge in [-0.05, 0) is 25.0 Å². The van der Waals surface area contributed by atoms with Gasteiger partial charge in [0.2, 0.25) is 0 Å². The monoisotopic (exact) mass is 456 g/mol. The molecule has 1 saturated heterocycles. The number of aliphatic carboxylic acids is 1. The second kappa shape index (κ2) is 9.96. The Labute approximate surface area is 180 Å². The molecule has 0 unspecified atom stereocenters. The van der Waals surface area contributed by atoms with E-state index in [9.17, 15) is 18.0 Å². The molecule has 0 atom stereocenters. The number of carboxylic acid groups (broad SMARTS) is 1. The summed E-state index contributed by atoms with van der Waals surface area (Å²) in [5.74, 6) is -3.04. The number of benzene rings is 1. The van der Waals surface area contributed by atoms with E-state index < -0.39 is 12.1 Å². The van der Waals surface area contributed by atoms with Crippen LogP contribution in [0.4, 0.5) is 13.2 Å². The van der Waals surface area contributed by atoms with E-state index in [-0.39, 0.29) is 5.76 Å². The maximum absolute atomic E-state index is 12.0. The Hall–Kier alpha value is -3.19. The van der Waals surface area contributed by atoms with Gasteiger partial charge >= 0.3 is 17.9 Å². The molecule has 1 aromatic carbocycles. The lowest BCUT2D eigenvalue weighted by molar-refractivity contribution is -0.192. The van der Waals surface area contributed by atoms with Crippen LogP contribution in [0.1, 0.15) is 24.6 Å². The number of nitrogens with zero attached hydrogens (tertiary/aromatic N) is 5. The lowest BCUT2D eigenvalue weighted by Gasteiger charge is -2.31. The van der Waals surface area contributed by atoms with Crippen molar-refractivity contribution in [3.05, 3.63) is 46.7 Å². The number of nitrogens with two attached hydrogens (primary N) is 1. The summed E-state index contributed by atoms with van der Waals surface area (Å²) in [5.41, 5.74) is 7.93. The Balaban J connectivity index is 0.000000360. The SMILES string of the molecule is NCc1cn(C2CCN(CCn3c(=O)oc4ccccc43)CC2)nn1.O=C(O)C(F)(F)F. The van der Waals surface area contributed by atoms with Gasteiger partial charge in [0, 0.05) is 32.7 Å². The van der Waals surface area contributed by atoms with Crippen molar-refractivity contribution < 1.29 is 27.5 Å². The van der Waals surface area contributed by atoms with Crippen LogP contribution < -0.4 is 11.5 Å². The fourth-order valence-electron chi connectivity index (χ4n) is 3.46. The number of aromatic nitrogens is 4. The van der Waals surface area contributed by atoms with E-state index in [1.165, 1.54) is 0 Å². The molecule has 1 fully saturated rings. The zero-order valence-corrected chi connectivity index (χ0v) is 17.0. The first-order valence-electron chi connectivity index (χ1n) is 9.90. The van der Waals surface area contributed by atoms with E-state index in [1.54, 1.807) is 4.57 Å². The first-order valence-corrected chi connectivity index (χ1v) is 9.90. The molecule has 4 rings (SSSR count). The molecule has 32 heavy (non-hydrogen) atoms. The summed E-state index contributed by atoms with van der Waals surface area (Å²) >= 11 is 0. The first-order chi connectivity index (χ1) is 15.2. The smallest absolute Gasteiger partial charge is 0.475 e. The topological polar surface area (TPSA) is 132 Å². The third-order valence-corrected chi connectivity index (χ3v) is 5.15. The number of piperidine rings is 1. The highest BCUT2D eigenvalue weighted by atomic mass is 19.4. The minimum absolute atomic E-state index is 0.284. The number of hydrogen-bond donors (Lipinski definition) is 2. The summed E-state index contributed by atoms with van der Waals surface area (Å²) in [6.45, 7) is 3.86. The van der Waals surface area contributed by atoms with Crippen LogP contribution in [0.2, 0.25) is 0 Å². The Kier molecular flexibility index (Phi) is 7.30. The number of likely N-dealkylation sites (tertiary alicyclic amines) is 1. The molecule has 1 aliphatic rings. The highest BCUT2D eigenvalue weighted by Crippen LogP contribution is 2.22. The van der Waals surface area contributed by atoms with Crippen molar-refractivity contribution in [2.24, 2.45) is 5.73 Å². The molecule has 0 amide bonds. The van der Waals surface area contributed by atoms with E-state index >= 15 is 0 Å². The highest BCUT2D eigenvalue weighted by molar-refractivity contribution is 5.73. The predicted octanol–water partition coefficient (Wildman–Crippen LogP) is 1.62. The maximum Gasteiger partial charge on any atom is 0.490 e. The van der Waals surface area contributed by atoms with Crippen LogP contribution in [0.3, 0.4) is 0 Å². The minimum atomic E-state index is -5.08. The third kappa shape index (κ3) is 5.73. The van der Waals surface area contributed by atoms with E-state index in [0.29, 0.717) is 24.7 Å². The molecular weight excluding hydrogens is 433 g/mol. The number of halogens is 3. The average Bonchev–Trinajstić information content (AvgIpc) is 3.36. The number of hydrogen-bond acceptors (Lipinski definition) is 7. The van der Waals surface area contributed by atoms with Crippen LogP contribution in [0, 0.1) is 0 Å². The van der Waals surface area contributed by atoms with Crippen molar-refractivity contribution in [3.63, 3.8) is 0 Å². The van der Waals surface area contributed by atoms with E-state index in [2.05, 4.69) is 15.2 Å². The minimum Gasteiger partial charge on any atom is -0.475 e. The zero-order valence-electron chi connectivity index (χ0n) is 17.0. The molecule has 0 bridgehead atoms. The Morgan fingerprint density at radius 3 is 2.47 bits per heavy atom. The third-order valence-electron chi connectivity index (χ3n) is 5.15. The van der Waals surface area contributed by atoms with Crippen LogP contribution in [0.15, 0.2) is 39.7 Å². The highest BCUT2D eigenvalue weighted by Gasteiger charge is 2.38. The number of alkyl halides is 3. The molecule has 0 saturated carbocycles. The second-order valence-corrected chi connectivity index (χ2v) is 7.26. The molecule has 0 aliphatic carbocycles. The lowest BCUT2D eigenvalue weighted by atomic mass is 10.1. The fraction of sp³-hybridized carbons (Fsp3) is 0.474. The molecule has 10 nitrogen and oxygen atoms in total. The van der Waals surface area contributed by atoms with Gasteiger partial charge in [-0.15, -0.1) is 5.10 Å². The van der Waals surface area contributed by atoms with Gasteiger partial charge < -0.3 is 20.2 Å². The maximum atomic E-state index is 12.0. The second-order valence-electron chi connectivity index (χ2n) is 7.26. The van der Waals surface area contributed by atoms with Crippen molar-refractivity contribution in [3.8, 4) is 0 Å². The molecule has 13 heteroatoms. The Morgan fingerprint density at radius 2 is 1.88 bits per heavy atom. The number of carbonyl (C=O) groups is 1. The molecule has 3 N–H and O–H groups in total. The van der Waals surface area contributed by atoms with Gasteiger partial charge in [0.15, 0.2) is 5.58 Å². The summed E-state index contributed by atoms with van der Waals surface area (Å²) < 4.78 is 40.7. The Morgan fingerprint density at radius 1 is 1.22 bits per heavy atom. The Bertz CT molecular complexity index is 1100. The van der Waals surface area contributed by atoms with Gasteiger partial charge in [-0.3, -0.25) is 4.57 Å². The van der Waals surface area contributed by atoms with Gasteiger partial charge in [-0.2, -0.15) is 13.2 Å². The van der Waals surface area contributed by atoms with Crippen LogP contribution >= 0.6 is 0 Å². The quantitative estimate of drug-likeness (QED) is 0.592. The average molecular weight is 456 g/mol. The molecule has 3 aromatic rings. The molecule has 3 heterocycles. The van der Waals surface area contributed by atoms with Gasteiger partial charge in [0.1, 0.15) is 0 Å². The standard InChI is InChI=1S/C17H22N6O2.C2HF3O2/c18-11-13-12-23(20-19-13)14-5-7-21(8-6-14)9-10-22-15-3-1-2-4-16(15)25-17(22)24;3-2(4,5)1(6)7/h1-4,12,14H,5-11,18H2;(H,6,7). The number of fused-ring (bicyclic) bond motifs is 1. The van der Waals surface area contributed by atoms with Gasteiger partial charge in [0.25, 0.3) is 0 Å². The zero-order chi connectivity index (χ0) is 23.3. The molecule has 174 valence electrons. The summed E-state index contributed by atoms with van der Waals surface area (Å²) in [7, 11) is 0. The number of carboxylic acids is 1. The normalized spacial score (nSPS) is 15.5. The van der Waals surface area contributed by atoms with Crippen molar-refractivity contribution in [2.45, 2.75) is 38.1 Å². The number of para-hydroxylation sites is 2. The summed E-state index contributed by atoms with van der Waals surface area (Å²) in [6.07, 6.45) is -1.10. The van der Waals surface area contributed by atoms with Crippen molar-refractivity contribution in [2.75, 3.05) is 19.6 Å². The molecule has 0 radical (unpaired) electrons. The van der Waals surface area contributed by atoms with Crippen molar-refractivity contribution in [1.82, 2.24) is 24.5 Å². The predicted molar refractivity (Wildman–Crippen MR) is 107 cm³/mol. The molecular formula is C19H23F3N6O4.